The maximum absolute atomic E-state index is 5.46. The first kappa shape index (κ1) is 16.2. The van der Waals surface area contributed by atoms with Gasteiger partial charge in [0, 0.05) is 50.8 Å². The number of anilines is 3. The Hall–Kier alpha value is -1.32. The van der Waals surface area contributed by atoms with Crippen molar-refractivity contribution in [3.05, 3.63) is 0 Å². The van der Waals surface area contributed by atoms with Gasteiger partial charge >= 0.3 is 0 Å². The molecule has 3 aliphatic rings. The third kappa shape index (κ3) is 3.68. The summed E-state index contributed by atoms with van der Waals surface area (Å²) in [6.45, 7) is 8.26. The molecule has 1 aromatic heterocycles. The molecule has 0 radical (unpaired) electrons. The van der Waals surface area contributed by atoms with Gasteiger partial charge in [-0.25, -0.2) is 0 Å². The number of hydrogen-bond donors (Lipinski definition) is 0. The standard InChI is InChI=1S/C15H24N6O2S/c1-7-22-8-2-19(1)13-16-14(20-3-9-23-10-4-20)18-15(17-13)21-5-11-24-12-6-21/h1-12H2. The number of ether oxygens (including phenoxy) is 2. The smallest absolute Gasteiger partial charge is 0.232 e. The SMILES string of the molecule is C1CN(c2nc(N3CCOCC3)nc(N3CCSCC3)n2)CCO1. The van der Waals surface area contributed by atoms with Crippen LogP contribution in [0.2, 0.25) is 0 Å². The van der Waals surface area contributed by atoms with Crippen molar-refractivity contribution in [1.29, 1.82) is 0 Å². The molecule has 0 aromatic carbocycles. The van der Waals surface area contributed by atoms with Crippen LogP contribution in [0.1, 0.15) is 0 Å². The normalized spacial score (nSPS) is 22.8. The topological polar surface area (TPSA) is 66.9 Å². The van der Waals surface area contributed by atoms with Gasteiger partial charge in [0.05, 0.1) is 26.4 Å². The summed E-state index contributed by atoms with van der Waals surface area (Å²) >= 11 is 1.99. The molecule has 24 heavy (non-hydrogen) atoms. The Kier molecular flexibility index (Phi) is 5.19. The third-order valence-corrected chi connectivity index (χ3v) is 5.42. The van der Waals surface area contributed by atoms with Crippen LogP contribution >= 0.6 is 11.8 Å². The van der Waals surface area contributed by atoms with Gasteiger partial charge in [0.1, 0.15) is 0 Å². The Bertz CT molecular complexity index is 456. The van der Waals surface area contributed by atoms with Gasteiger partial charge in [0.2, 0.25) is 17.8 Å². The molecule has 9 heteroatoms. The van der Waals surface area contributed by atoms with Crippen molar-refractivity contribution < 1.29 is 9.47 Å². The molecule has 4 rings (SSSR count). The molecule has 0 N–H and O–H groups in total. The van der Waals surface area contributed by atoms with Crippen LogP contribution in [0.4, 0.5) is 17.8 Å². The van der Waals surface area contributed by atoms with E-state index in [0.29, 0.717) is 0 Å². The average Bonchev–Trinajstić information content (AvgIpc) is 2.70. The van der Waals surface area contributed by atoms with Crippen molar-refractivity contribution in [2.24, 2.45) is 0 Å². The highest BCUT2D eigenvalue weighted by atomic mass is 32.2. The fourth-order valence-corrected chi connectivity index (χ4v) is 3.96. The third-order valence-electron chi connectivity index (χ3n) is 4.48. The summed E-state index contributed by atoms with van der Waals surface area (Å²) in [6.07, 6.45) is 0. The summed E-state index contributed by atoms with van der Waals surface area (Å²) in [4.78, 5) is 21.0. The van der Waals surface area contributed by atoms with Crippen LogP contribution in [-0.2, 0) is 9.47 Å². The molecule has 3 saturated heterocycles. The van der Waals surface area contributed by atoms with Crippen molar-refractivity contribution in [3.63, 3.8) is 0 Å². The van der Waals surface area contributed by atoms with E-state index < -0.39 is 0 Å². The van der Waals surface area contributed by atoms with Crippen LogP contribution in [-0.4, -0.2) is 92.2 Å². The van der Waals surface area contributed by atoms with Gasteiger partial charge in [-0.1, -0.05) is 0 Å². The number of thioether (sulfide) groups is 1. The monoisotopic (exact) mass is 352 g/mol. The summed E-state index contributed by atoms with van der Waals surface area (Å²) in [5, 5.41) is 0. The Morgan fingerprint density at radius 2 is 0.958 bits per heavy atom. The van der Waals surface area contributed by atoms with E-state index in [1.165, 1.54) is 0 Å². The van der Waals surface area contributed by atoms with Crippen LogP contribution < -0.4 is 14.7 Å². The number of morpholine rings is 2. The summed E-state index contributed by atoms with van der Waals surface area (Å²) in [5.74, 6) is 4.64. The molecule has 132 valence electrons. The quantitative estimate of drug-likeness (QED) is 0.753. The van der Waals surface area contributed by atoms with Crippen molar-refractivity contribution >= 4 is 29.6 Å². The van der Waals surface area contributed by atoms with Crippen molar-refractivity contribution in [2.45, 2.75) is 0 Å². The zero-order valence-corrected chi connectivity index (χ0v) is 14.7. The molecule has 0 bridgehead atoms. The van der Waals surface area contributed by atoms with Gasteiger partial charge in [0.15, 0.2) is 0 Å². The summed E-state index contributed by atoms with van der Waals surface area (Å²) in [7, 11) is 0. The molecular formula is C15H24N6O2S. The predicted octanol–water partition coefficient (Wildman–Crippen LogP) is 0.0980. The van der Waals surface area contributed by atoms with Crippen molar-refractivity contribution in [3.8, 4) is 0 Å². The molecule has 8 nitrogen and oxygen atoms in total. The minimum absolute atomic E-state index is 0.730. The molecule has 0 spiro atoms. The average molecular weight is 352 g/mol. The van der Waals surface area contributed by atoms with Gasteiger partial charge in [-0.3, -0.25) is 0 Å². The number of nitrogens with zero attached hydrogens (tertiary/aromatic N) is 6. The van der Waals surface area contributed by atoms with Crippen molar-refractivity contribution in [1.82, 2.24) is 15.0 Å². The van der Waals surface area contributed by atoms with E-state index in [4.69, 9.17) is 24.4 Å². The van der Waals surface area contributed by atoms with Crippen molar-refractivity contribution in [2.75, 3.05) is 91.9 Å². The molecule has 4 heterocycles. The van der Waals surface area contributed by atoms with Crippen LogP contribution in [0, 0.1) is 0 Å². The summed E-state index contributed by atoms with van der Waals surface area (Å²) in [6, 6.07) is 0. The van der Waals surface area contributed by atoms with E-state index in [1.54, 1.807) is 0 Å². The van der Waals surface area contributed by atoms with Crippen LogP contribution in [0.3, 0.4) is 0 Å². The molecule has 0 saturated carbocycles. The Morgan fingerprint density at radius 3 is 1.38 bits per heavy atom. The lowest BCUT2D eigenvalue weighted by Crippen LogP contribution is -2.41. The van der Waals surface area contributed by atoms with E-state index in [-0.39, 0.29) is 0 Å². The lowest BCUT2D eigenvalue weighted by atomic mass is 10.4. The largest absolute Gasteiger partial charge is 0.378 e. The van der Waals surface area contributed by atoms with Crippen LogP contribution in [0.15, 0.2) is 0 Å². The first-order chi connectivity index (χ1) is 11.9. The zero-order chi connectivity index (χ0) is 16.2. The Morgan fingerprint density at radius 1 is 0.583 bits per heavy atom. The van der Waals surface area contributed by atoms with E-state index in [1.807, 2.05) is 11.8 Å². The molecule has 0 aliphatic carbocycles. The Labute approximate surface area is 146 Å². The predicted molar refractivity (Wildman–Crippen MR) is 95.4 cm³/mol. The van der Waals surface area contributed by atoms with Gasteiger partial charge in [-0.05, 0) is 0 Å². The molecule has 3 aliphatic heterocycles. The van der Waals surface area contributed by atoms with E-state index in [9.17, 15) is 0 Å². The fraction of sp³-hybridized carbons (Fsp3) is 0.800. The number of rotatable bonds is 3. The molecule has 1 aromatic rings. The maximum atomic E-state index is 5.46. The second kappa shape index (κ2) is 7.71. The number of hydrogen-bond acceptors (Lipinski definition) is 9. The summed E-state index contributed by atoms with van der Waals surface area (Å²) in [5.41, 5.74) is 0. The van der Waals surface area contributed by atoms with Crippen LogP contribution in [0.5, 0.6) is 0 Å². The van der Waals surface area contributed by atoms with E-state index in [2.05, 4.69) is 14.7 Å². The van der Waals surface area contributed by atoms with E-state index in [0.717, 1.165) is 95.0 Å². The molecule has 3 fully saturated rings. The lowest BCUT2D eigenvalue weighted by molar-refractivity contribution is 0.121. The highest BCUT2D eigenvalue weighted by Gasteiger charge is 2.23. The highest BCUT2D eigenvalue weighted by Crippen LogP contribution is 2.22. The maximum Gasteiger partial charge on any atom is 0.232 e. The molecule has 0 atom stereocenters. The zero-order valence-electron chi connectivity index (χ0n) is 13.9. The summed E-state index contributed by atoms with van der Waals surface area (Å²) < 4.78 is 10.9. The molecule has 0 unspecified atom stereocenters. The molecule has 0 amide bonds. The minimum Gasteiger partial charge on any atom is -0.378 e. The van der Waals surface area contributed by atoms with Gasteiger partial charge in [0.25, 0.3) is 0 Å². The fourth-order valence-electron chi connectivity index (χ4n) is 3.06. The van der Waals surface area contributed by atoms with Gasteiger partial charge in [-0.2, -0.15) is 26.7 Å². The molecular weight excluding hydrogens is 328 g/mol. The highest BCUT2D eigenvalue weighted by molar-refractivity contribution is 7.99. The second-order valence-corrected chi connectivity index (χ2v) is 7.26. The van der Waals surface area contributed by atoms with Gasteiger partial charge < -0.3 is 24.2 Å². The first-order valence-electron chi connectivity index (χ1n) is 8.64. The first-order valence-corrected chi connectivity index (χ1v) is 9.80. The van der Waals surface area contributed by atoms with Gasteiger partial charge in [-0.15, -0.1) is 0 Å². The van der Waals surface area contributed by atoms with E-state index >= 15 is 0 Å². The minimum atomic E-state index is 0.730. The Balaban J connectivity index is 1.63. The lowest BCUT2D eigenvalue weighted by Gasteiger charge is -2.32. The number of aromatic nitrogens is 3. The van der Waals surface area contributed by atoms with Crippen LogP contribution in [0.25, 0.3) is 0 Å². The second-order valence-electron chi connectivity index (χ2n) is 6.03.